The van der Waals surface area contributed by atoms with E-state index in [2.05, 4.69) is 5.32 Å². The standard InChI is InChI=1S/C17H8Cl2F4N2O2/c18-11-6-1-8(17(21,22)23)7-12(11)25-15(26)13(19)14(16(25)27)24-10-4-2-9(20)3-5-10/h1-7,24H. The Morgan fingerprint density at radius 3 is 2.15 bits per heavy atom. The van der Waals surface area contributed by atoms with E-state index in [1.165, 1.54) is 12.1 Å². The Balaban J connectivity index is 1.97. The van der Waals surface area contributed by atoms with Gasteiger partial charge in [0.25, 0.3) is 11.8 Å². The summed E-state index contributed by atoms with van der Waals surface area (Å²) in [6, 6.07) is 7.06. The van der Waals surface area contributed by atoms with E-state index in [1.807, 2.05) is 0 Å². The maximum atomic E-state index is 13.0. The molecule has 0 aromatic heterocycles. The number of hydrogen-bond donors (Lipinski definition) is 1. The van der Waals surface area contributed by atoms with Gasteiger partial charge in [-0.05, 0) is 42.5 Å². The molecule has 1 heterocycles. The molecule has 140 valence electrons. The fraction of sp³-hybridized carbons (Fsp3) is 0.0588. The zero-order valence-corrected chi connectivity index (χ0v) is 14.6. The predicted molar refractivity (Wildman–Crippen MR) is 91.8 cm³/mol. The van der Waals surface area contributed by atoms with E-state index in [0.717, 1.165) is 24.3 Å². The quantitative estimate of drug-likeness (QED) is 0.567. The molecule has 0 unspecified atom stereocenters. The van der Waals surface area contributed by atoms with Crippen molar-refractivity contribution in [3.8, 4) is 0 Å². The number of hydrogen-bond acceptors (Lipinski definition) is 3. The van der Waals surface area contributed by atoms with Crippen molar-refractivity contribution in [3.63, 3.8) is 0 Å². The van der Waals surface area contributed by atoms with Gasteiger partial charge in [0, 0.05) is 5.69 Å². The maximum absolute atomic E-state index is 13.0. The van der Waals surface area contributed by atoms with Gasteiger partial charge in [0.2, 0.25) is 0 Å². The summed E-state index contributed by atoms with van der Waals surface area (Å²) in [5.74, 6) is -2.55. The van der Waals surface area contributed by atoms with Crippen LogP contribution in [0.5, 0.6) is 0 Å². The Hall–Kier alpha value is -2.58. The summed E-state index contributed by atoms with van der Waals surface area (Å²) in [7, 11) is 0. The van der Waals surface area contributed by atoms with Gasteiger partial charge in [-0.1, -0.05) is 23.2 Å². The molecule has 2 aromatic carbocycles. The highest BCUT2D eigenvalue weighted by atomic mass is 35.5. The summed E-state index contributed by atoms with van der Waals surface area (Å²) in [6.45, 7) is 0. The van der Waals surface area contributed by atoms with Gasteiger partial charge in [0.05, 0.1) is 16.3 Å². The molecule has 0 saturated carbocycles. The molecule has 1 aliphatic heterocycles. The summed E-state index contributed by atoms with van der Waals surface area (Å²) in [6.07, 6.45) is -4.70. The van der Waals surface area contributed by atoms with Crippen LogP contribution >= 0.6 is 23.2 Å². The molecular weight excluding hydrogens is 411 g/mol. The Kier molecular flexibility index (Phi) is 4.88. The van der Waals surface area contributed by atoms with Gasteiger partial charge in [-0.3, -0.25) is 9.59 Å². The van der Waals surface area contributed by atoms with Crippen LogP contribution in [-0.2, 0) is 15.8 Å². The first kappa shape index (κ1) is 19.2. The SMILES string of the molecule is O=C1C(Cl)=C(Nc2ccc(F)cc2)C(=O)N1c1cc(C(F)(F)F)ccc1Cl. The van der Waals surface area contributed by atoms with E-state index >= 15 is 0 Å². The Labute approximate surface area is 160 Å². The highest BCUT2D eigenvalue weighted by Crippen LogP contribution is 2.38. The molecule has 0 atom stereocenters. The van der Waals surface area contributed by atoms with E-state index in [4.69, 9.17) is 23.2 Å². The molecular formula is C17H8Cl2F4N2O2. The lowest BCUT2D eigenvalue weighted by Crippen LogP contribution is -2.32. The predicted octanol–water partition coefficient (Wildman–Crippen LogP) is 4.93. The lowest BCUT2D eigenvalue weighted by molar-refractivity contribution is -0.137. The van der Waals surface area contributed by atoms with Gasteiger partial charge in [-0.15, -0.1) is 0 Å². The largest absolute Gasteiger partial charge is 0.416 e. The molecule has 10 heteroatoms. The van der Waals surface area contributed by atoms with Gasteiger partial charge >= 0.3 is 6.18 Å². The van der Waals surface area contributed by atoms with Crippen LogP contribution in [0.3, 0.4) is 0 Å². The molecule has 1 N–H and O–H groups in total. The third-order valence-electron chi connectivity index (χ3n) is 3.66. The summed E-state index contributed by atoms with van der Waals surface area (Å²) in [5, 5.41) is 1.80. The number of nitrogens with one attached hydrogen (secondary N) is 1. The number of alkyl halides is 3. The number of anilines is 2. The first-order valence-corrected chi connectivity index (χ1v) is 8.03. The number of imide groups is 1. The average Bonchev–Trinajstić information content (AvgIpc) is 2.80. The van der Waals surface area contributed by atoms with Crippen molar-refractivity contribution in [2.24, 2.45) is 0 Å². The average molecular weight is 419 g/mol. The van der Waals surface area contributed by atoms with Gasteiger partial charge < -0.3 is 5.32 Å². The molecule has 2 aromatic rings. The van der Waals surface area contributed by atoms with E-state index in [1.54, 1.807) is 0 Å². The molecule has 27 heavy (non-hydrogen) atoms. The molecule has 0 radical (unpaired) electrons. The van der Waals surface area contributed by atoms with E-state index in [9.17, 15) is 27.2 Å². The van der Waals surface area contributed by atoms with Crippen LogP contribution in [-0.4, -0.2) is 11.8 Å². The summed E-state index contributed by atoms with van der Waals surface area (Å²) in [5.41, 5.74) is -1.64. The lowest BCUT2D eigenvalue weighted by Gasteiger charge is -2.18. The highest BCUT2D eigenvalue weighted by molar-refractivity contribution is 6.53. The van der Waals surface area contributed by atoms with Crippen molar-refractivity contribution in [1.29, 1.82) is 0 Å². The van der Waals surface area contributed by atoms with Crippen LogP contribution in [0.15, 0.2) is 53.2 Å². The molecule has 0 spiro atoms. The fourth-order valence-electron chi connectivity index (χ4n) is 2.37. The number of benzene rings is 2. The van der Waals surface area contributed by atoms with Gasteiger partial charge in [-0.25, -0.2) is 9.29 Å². The van der Waals surface area contributed by atoms with Gasteiger partial charge in [-0.2, -0.15) is 13.2 Å². The van der Waals surface area contributed by atoms with E-state index < -0.39 is 40.1 Å². The van der Waals surface area contributed by atoms with E-state index in [0.29, 0.717) is 11.0 Å². The van der Waals surface area contributed by atoms with Crippen molar-refractivity contribution in [2.75, 3.05) is 10.2 Å². The minimum atomic E-state index is -4.70. The Morgan fingerprint density at radius 1 is 0.926 bits per heavy atom. The number of carbonyl (C=O) groups excluding carboxylic acids is 2. The number of amides is 2. The summed E-state index contributed by atoms with van der Waals surface area (Å²) in [4.78, 5) is 25.4. The molecule has 0 aliphatic carbocycles. The van der Waals surface area contributed by atoms with Crippen LogP contribution in [0.4, 0.5) is 28.9 Å². The third kappa shape index (κ3) is 3.63. The van der Waals surface area contributed by atoms with Crippen LogP contribution in [0.2, 0.25) is 5.02 Å². The lowest BCUT2D eigenvalue weighted by atomic mass is 10.2. The normalized spacial score (nSPS) is 15.0. The third-order valence-corrected chi connectivity index (χ3v) is 4.33. The molecule has 0 bridgehead atoms. The second kappa shape index (κ2) is 6.86. The van der Waals surface area contributed by atoms with E-state index in [-0.39, 0.29) is 16.4 Å². The van der Waals surface area contributed by atoms with Crippen LogP contribution < -0.4 is 10.2 Å². The Bertz CT molecular complexity index is 972. The molecule has 0 fully saturated rings. The highest BCUT2D eigenvalue weighted by Gasteiger charge is 2.41. The van der Waals surface area contributed by atoms with Crippen molar-refractivity contribution < 1.29 is 27.2 Å². The summed E-state index contributed by atoms with van der Waals surface area (Å²) < 4.78 is 51.8. The van der Waals surface area contributed by atoms with Crippen LogP contribution in [0.1, 0.15) is 5.56 Å². The first-order valence-electron chi connectivity index (χ1n) is 7.27. The van der Waals surface area contributed by atoms with Crippen LogP contribution in [0, 0.1) is 5.82 Å². The van der Waals surface area contributed by atoms with Crippen molar-refractivity contribution in [2.45, 2.75) is 6.18 Å². The number of halogens is 6. The minimum Gasteiger partial charge on any atom is -0.350 e. The maximum Gasteiger partial charge on any atom is 0.416 e. The summed E-state index contributed by atoms with van der Waals surface area (Å²) >= 11 is 11.8. The molecule has 4 nitrogen and oxygen atoms in total. The topological polar surface area (TPSA) is 49.4 Å². The first-order chi connectivity index (χ1) is 12.6. The van der Waals surface area contributed by atoms with Gasteiger partial charge in [0.15, 0.2) is 0 Å². The molecule has 2 amide bonds. The van der Waals surface area contributed by atoms with Crippen molar-refractivity contribution in [1.82, 2.24) is 0 Å². The zero-order chi connectivity index (χ0) is 19.9. The molecule has 0 saturated heterocycles. The second-order valence-corrected chi connectivity index (χ2v) is 6.22. The smallest absolute Gasteiger partial charge is 0.350 e. The molecule has 1 aliphatic rings. The second-order valence-electron chi connectivity index (χ2n) is 5.43. The minimum absolute atomic E-state index is 0.239. The molecule has 3 rings (SSSR count). The van der Waals surface area contributed by atoms with Crippen molar-refractivity contribution in [3.05, 3.63) is 69.6 Å². The van der Waals surface area contributed by atoms with Crippen molar-refractivity contribution >= 4 is 46.4 Å². The van der Waals surface area contributed by atoms with Crippen LogP contribution in [0.25, 0.3) is 0 Å². The monoisotopic (exact) mass is 418 g/mol. The number of carbonyl (C=O) groups is 2. The Morgan fingerprint density at radius 2 is 1.56 bits per heavy atom. The number of nitrogens with zero attached hydrogens (tertiary/aromatic N) is 1. The van der Waals surface area contributed by atoms with Gasteiger partial charge in [0.1, 0.15) is 16.5 Å². The zero-order valence-electron chi connectivity index (χ0n) is 13.1. The fourth-order valence-corrected chi connectivity index (χ4v) is 2.78. The number of rotatable bonds is 3.